The summed E-state index contributed by atoms with van der Waals surface area (Å²) in [5.74, 6) is 0. The SMILES string of the molecule is Cc1cc(C)n(CC(O)c2ccccc2)n1. The first-order valence-corrected chi connectivity index (χ1v) is 5.41. The highest BCUT2D eigenvalue weighted by molar-refractivity contribution is 5.17. The van der Waals surface area contributed by atoms with Crippen molar-refractivity contribution >= 4 is 0 Å². The number of aliphatic hydroxyl groups excluding tert-OH is 1. The highest BCUT2D eigenvalue weighted by Gasteiger charge is 2.10. The van der Waals surface area contributed by atoms with Gasteiger partial charge in [-0.15, -0.1) is 0 Å². The van der Waals surface area contributed by atoms with Crippen LogP contribution in [-0.2, 0) is 6.54 Å². The van der Waals surface area contributed by atoms with Crippen molar-refractivity contribution in [1.82, 2.24) is 9.78 Å². The van der Waals surface area contributed by atoms with Crippen LogP contribution in [0.5, 0.6) is 0 Å². The van der Waals surface area contributed by atoms with Gasteiger partial charge in [-0.05, 0) is 25.5 Å². The van der Waals surface area contributed by atoms with Crippen LogP contribution in [0.1, 0.15) is 23.1 Å². The van der Waals surface area contributed by atoms with E-state index in [1.165, 1.54) is 0 Å². The molecule has 0 saturated heterocycles. The third-order valence-electron chi connectivity index (χ3n) is 2.63. The van der Waals surface area contributed by atoms with Gasteiger partial charge in [-0.25, -0.2) is 0 Å². The topological polar surface area (TPSA) is 38.0 Å². The molecular formula is C13H16N2O. The molecule has 0 spiro atoms. The van der Waals surface area contributed by atoms with Gasteiger partial charge in [0.25, 0.3) is 0 Å². The van der Waals surface area contributed by atoms with Crippen LogP contribution >= 0.6 is 0 Å². The normalized spacial score (nSPS) is 12.7. The predicted molar refractivity (Wildman–Crippen MR) is 63.1 cm³/mol. The van der Waals surface area contributed by atoms with E-state index in [1.807, 2.05) is 54.9 Å². The summed E-state index contributed by atoms with van der Waals surface area (Å²) in [5.41, 5.74) is 2.99. The van der Waals surface area contributed by atoms with Crippen LogP contribution in [0.25, 0.3) is 0 Å². The summed E-state index contributed by atoms with van der Waals surface area (Å²) in [7, 11) is 0. The predicted octanol–water partition coefficient (Wildman–Crippen LogP) is 2.23. The zero-order valence-electron chi connectivity index (χ0n) is 9.59. The Morgan fingerprint density at radius 3 is 2.50 bits per heavy atom. The Hall–Kier alpha value is -1.61. The van der Waals surface area contributed by atoms with E-state index in [2.05, 4.69) is 5.10 Å². The molecule has 84 valence electrons. The molecule has 1 aromatic carbocycles. The number of aliphatic hydroxyl groups is 1. The van der Waals surface area contributed by atoms with Gasteiger partial charge in [0.2, 0.25) is 0 Å². The standard InChI is InChI=1S/C13H16N2O/c1-10-8-11(2)15(14-10)9-13(16)12-6-4-3-5-7-12/h3-8,13,16H,9H2,1-2H3. The van der Waals surface area contributed by atoms with Crippen LogP contribution in [0.4, 0.5) is 0 Å². The summed E-state index contributed by atoms with van der Waals surface area (Å²) in [6.45, 7) is 4.46. The molecule has 2 aromatic rings. The van der Waals surface area contributed by atoms with E-state index in [0.717, 1.165) is 17.0 Å². The average molecular weight is 216 g/mol. The van der Waals surface area contributed by atoms with Crippen LogP contribution in [-0.4, -0.2) is 14.9 Å². The fraction of sp³-hybridized carbons (Fsp3) is 0.308. The maximum absolute atomic E-state index is 10.0. The van der Waals surface area contributed by atoms with Crippen LogP contribution < -0.4 is 0 Å². The lowest BCUT2D eigenvalue weighted by atomic mass is 10.1. The quantitative estimate of drug-likeness (QED) is 0.854. The van der Waals surface area contributed by atoms with Crippen molar-refractivity contribution in [3.05, 3.63) is 53.3 Å². The summed E-state index contributed by atoms with van der Waals surface area (Å²) in [6.07, 6.45) is -0.501. The summed E-state index contributed by atoms with van der Waals surface area (Å²) >= 11 is 0. The molecule has 0 amide bonds. The van der Waals surface area contributed by atoms with Crippen LogP contribution in [0.2, 0.25) is 0 Å². The molecule has 0 aliphatic heterocycles. The molecule has 1 N–H and O–H groups in total. The van der Waals surface area contributed by atoms with Crippen molar-refractivity contribution in [3.8, 4) is 0 Å². The van der Waals surface area contributed by atoms with Gasteiger partial charge in [-0.3, -0.25) is 4.68 Å². The fourth-order valence-electron chi connectivity index (χ4n) is 1.80. The summed E-state index contributed by atoms with van der Waals surface area (Å²) < 4.78 is 1.84. The largest absolute Gasteiger partial charge is 0.386 e. The van der Waals surface area contributed by atoms with Gasteiger partial charge in [0.15, 0.2) is 0 Å². The molecule has 0 aliphatic carbocycles. The number of nitrogens with zero attached hydrogens (tertiary/aromatic N) is 2. The van der Waals surface area contributed by atoms with Gasteiger partial charge in [-0.1, -0.05) is 30.3 Å². The molecular weight excluding hydrogens is 200 g/mol. The van der Waals surface area contributed by atoms with Gasteiger partial charge in [0, 0.05) is 5.69 Å². The van der Waals surface area contributed by atoms with Crippen LogP contribution in [0.3, 0.4) is 0 Å². The number of aromatic nitrogens is 2. The summed E-state index contributed by atoms with van der Waals surface area (Å²) in [5, 5.41) is 14.4. The van der Waals surface area contributed by atoms with Gasteiger partial charge in [0.1, 0.15) is 0 Å². The molecule has 0 fully saturated rings. The Kier molecular flexibility index (Phi) is 3.06. The van der Waals surface area contributed by atoms with Gasteiger partial charge < -0.3 is 5.11 Å². The minimum atomic E-state index is -0.501. The third-order valence-corrected chi connectivity index (χ3v) is 2.63. The van der Waals surface area contributed by atoms with Crippen LogP contribution in [0.15, 0.2) is 36.4 Å². The number of rotatable bonds is 3. The smallest absolute Gasteiger partial charge is 0.0985 e. The summed E-state index contributed by atoms with van der Waals surface area (Å²) in [6, 6.07) is 11.7. The zero-order chi connectivity index (χ0) is 11.5. The Bertz CT molecular complexity index is 462. The Morgan fingerprint density at radius 1 is 1.25 bits per heavy atom. The Labute approximate surface area is 95.3 Å². The molecule has 1 unspecified atom stereocenters. The number of hydrogen-bond donors (Lipinski definition) is 1. The zero-order valence-corrected chi connectivity index (χ0v) is 9.59. The second-order valence-electron chi connectivity index (χ2n) is 4.04. The van der Waals surface area contributed by atoms with Gasteiger partial charge >= 0.3 is 0 Å². The van der Waals surface area contributed by atoms with Crippen LogP contribution in [0, 0.1) is 13.8 Å². The molecule has 1 atom stereocenters. The average Bonchev–Trinajstić information content (AvgIpc) is 2.59. The van der Waals surface area contributed by atoms with Crippen molar-refractivity contribution in [2.75, 3.05) is 0 Å². The van der Waals surface area contributed by atoms with Crippen molar-refractivity contribution in [2.24, 2.45) is 0 Å². The van der Waals surface area contributed by atoms with Gasteiger partial charge in [0.05, 0.1) is 18.3 Å². The lowest BCUT2D eigenvalue weighted by Gasteiger charge is -2.12. The van der Waals surface area contributed by atoms with E-state index in [0.29, 0.717) is 6.54 Å². The molecule has 3 nitrogen and oxygen atoms in total. The highest BCUT2D eigenvalue weighted by atomic mass is 16.3. The molecule has 1 heterocycles. The maximum Gasteiger partial charge on any atom is 0.0985 e. The van der Waals surface area contributed by atoms with Crippen molar-refractivity contribution in [3.63, 3.8) is 0 Å². The lowest BCUT2D eigenvalue weighted by molar-refractivity contribution is 0.150. The number of benzene rings is 1. The van der Waals surface area contributed by atoms with E-state index in [-0.39, 0.29) is 0 Å². The molecule has 0 aliphatic rings. The van der Waals surface area contributed by atoms with E-state index >= 15 is 0 Å². The number of aryl methyl sites for hydroxylation is 2. The molecule has 3 heteroatoms. The van der Waals surface area contributed by atoms with Crippen molar-refractivity contribution in [2.45, 2.75) is 26.5 Å². The molecule has 0 bridgehead atoms. The Balaban J connectivity index is 2.14. The third kappa shape index (κ3) is 2.31. The first-order chi connectivity index (χ1) is 7.66. The van der Waals surface area contributed by atoms with Crippen molar-refractivity contribution < 1.29 is 5.11 Å². The maximum atomic E-state index is 10.0. The molecule has 0 saturated carbocycles. The second kappa shape index (κ2) is 4.49. The second-order valence-corrected chi connectivity index (χ2v) is 4.04. The molecule has 1 aromatic heterocycles. The number of hydrogen-bond acceptors (Lipinski definition) is 2. The molecule has 0 radical (unpaired) electrons. The molecule has 2 rings (SSSR count). The minimum absolute atomic E-state index is 0.501. The van der Waals surface area contributed by atoms with E-state index in [1.54, 1.807) is 0 Å². The monoisotopic (exact) mass is 216 g/mol. The van der Waals surface area contributed by atoms with Crippen molar-refractivity contribution in [1.29, 1.82) is 0 Å². The fourth-order valence-corrected chi connectivity index (χ4v) is 1.80. The minimum Gasteiger partial charge on any atom is -0.386 e. The van der Waals surface area contributed by atoms with E-state index < -0.39 is 6.10 Å². The molecule has 16 heavy (non-hydrogen) atoms. The Morgan fingerprint density at radius 2 is 1.94 bits per heavy atom. The first kappa shape index (κ1) is 10.9. The van der Waals surface area contributed by atoms with E-state index in [9.17, 15) is 5.11 Å². The lowest BCUT2D eigenvalue weighted by Crippen LogP contribution is -2.11. The van der Waals surface area contributed by atoms with E-state index in [4.69, 9.17) is 0 Å². The van der Waals surface area contributed by atoms with Gasteiger partial charge in [-0.2, -0.15) is 5.10 Å². The highest BCUT2D eigenvalue weighted by Crippen LogP contribution is 2.15. The first-order valence-electron chi connectivity index (χ1n) is 5.41. The summed E-state index contributed by atoms with van der Waals surface area (Å²) in [4.78, 5) is 0.